The SMILES string of the molecule is CCC1CCCCN1S(=O)(=O)c1ccc(C(=O)N(/N=C/c2ccco2)c2nc3ccc(C)cc3s2)cc1. The van der Waals surface area contributed by atoms with Crippen LogP contribution in [0.25, 0.3) is 10.2 Å². The average molecular weight is 537 g/mol. The average Bonchev–Trinajstić information content (AvgIpc) is 3.58. The smallest absolute Gasteiger partial charge is 0.280 e. The van der Waals surface area contributed by atoms with Gasteiger partial charge in [-0.05, 0) is 80.3 Å². The minimum Gasteiger partial charge on any atom is -0.463 e. The van der Waals surface area contributed by atoms with Crippen molar-refractivity contribution < 1.29 is 17.6 Å². The van der Waals surface area contributed by atoms with Crippen molar-refractivity contribution in [1.29, 1.82) is 0 Å². The Morgan fingerprint density at radius 2 is 2.03 bits per heavy atom. The molecular weight excluding hydrogens is 508 g/mol. The molecule has 0 spiro atoms. The summed E-state index contributed by atoms with van der Waals surface area (Å²) in [7, 11) is -3.64. The molecule has 0 aliphatic carbocycles. The third kappa shape index (κ3) is 5.22. The maximum atomic E-state index is 13.6. The van der Waals surface area contributed by atoms with E-state index in [2.05, 4.69) is 10.1 Å². The molecule has 0 bridgehead atoms. The van der Waals surface area contributed by atoms with Crippen LogP contribution in [-0.4, -0.2) is 42.4 Å². The summed E-state index contributed by atoms with van der Waals surface area (Å²) < 4.78 is 34.6. The Morgan fingerprint density at radius 1 is 1.22 bits per heavy atom. The first-order chi connectivity index (χ1) is 17.9. The van der Waals surface area contributed by atoms with E-state index in [9.17, 15) is 13.2 Å². The fraction of sp³-hybridized carbons (Fsp3) is 0.296. The molecule has 1 saturated heterocycles. The van der Waals surface area contributed by atoms with Gasteiger partial charge in [0.1, 0.15) is 5.76 Å². The zero-order chi connectivity index (χ0) is 26.0. The Bertz CT molecular complexity index is 1530. The third-order valence-electron chi connectivity index (χ3n) is 6.50. The number of amides is 1. The van der Waals surface area contributed by atoms with Crippen LogP contribution in [0.15, 0.2) is 75.3 Å². The number of thiazole rings is 1. The van der Waals surface area contributed by atoms with Crippen molar-refractivity contribution in [2.75, 3.05) is 11.6 Å². The number of piperidine rings is 1. The van der Waals surface area contributed by atoms with Crippen molar-refractivity contribution in [3.05, 3.63) is 77.7 Å². The number of hydrogen-bond donors (Lipinski definition) is 0. The summed E-state index contributed by atoms with van der Waals surface area (Å²) in [5.74, 6) is 0.0650. The molecule has 1 amide bonds. The maximum Gasteiger partial charge on any atom is 0.280 e. The van der Waals surface area contributed by atoms with E-state index in [-0.39, 0.29) is 10.9 Å². The van der Waals surface area contributed by atoms with E-state index in [1.807, 2.05) is 32.0 Å². The molecule has 0 saturated carbocycles. The van der Waals surface area contributed by atoms with Gasteiger partial charge in [0.25, 0.3) is 5.91 Å². The molecule has 1 unspecified atom stereocenters. The number of furan rings is 1. The largest absolute Gasteiger partial charge is 0.463 e. The van der Waals surface area contributed by atoms with Crippen molar-refractivity contribution >= 4 is 48.8 Å². The first-order valence-electron chi connectivity index (χ1n) is 12.3. The van der Waals surface area contributed by atoms with E-state index >= 15 is 0 Å². The van der Waals surface area contributed by atoms with E-state index in [1.54, 1.807) is 16.4 Å². The van der Waals surface area contributed by atoms with Crippen molar-refractivity contribution in [3.63, 3.8) is 0 Å². The minimum atomic E-state index is -3.64. The molecule has 10 heteroatoms. The normalized spacial score (nSPS) is 17.0. The molecule has 1 aliphatic heterocycles. The van der Waals surface area contributed by atoms with Crippen LogP contribution in [0, 0.1) is 6.92 Å². The van der Waals surface area contributed by atoms with Crippen LogP contribution in [0.5, 0.6) is 0 Å². The Balaban J connectivity index is 1.46. The van der Waals surface area contributed by atoms with Gasteiger partial charge in [-0.15, -0.1) is 0 Å². The molecule has 192 valence electrons. The number of carbonyl (C=O) groups excluding carboxylic acids is 1. The highest BCUT2D eigenvalue weighted by Gasteiger charge is 2.32. The summed E-state index contributed by atoms with van der Waals surface area (Å²) in [6.45, 7) is 4.54. The van der Waals surface area contributed by atoms with Crippen molar-refractivity contribution in [2.24, 2.45) is 5.10 Å². The van der Waals surface area contributed by atoms with Crippen LogP contribution >= 0.6 is 11.3 Å². The number of nitrogens with zero attached hydrogens (tertiary/aromatic N) is 4. The number of benzene rings is 2. The Morgan fingerprint density at radius 3 is 2.76 bits per heavy atom. The summed E-state index contributed by atoms with van der Waals surface area (Å²) >= 11 is 1.36. The number of fused-ring (bicyclic) bond motifs is 1. The number of hydrogen-bond acceptors (Lipinski definition) is 7. The fourth-order valence-electron chi connectivity index (χ4n) is 4.50. The summed E-state index contributed by atoms with van der Waals surface area (Å²) in [6.07, 6.45) is 6.53. The Kier molecular flexibility index (Phi) is 7.23. The number of anilines is 1. The van der Waals surface area contributed by atoms with Gasteiger partial charge < -0.3 is 4.42 Å². The van der Waals surface area contributed by atoms with Crippen molar-refractivity contribution in [3.8, 4) is 0 Å². The van der Waals surface area contributed by atoms with Crippen LogP contribution in [0.1, 0.15) is 54.3 Å². The first kappa shape index (κ1) is 25.3. The van der Waals surface area contributed by atoms with E-state index < -0.39 is 15.9 Å². The highest BCUT2D eigenvalue weighted by Crippen LogP contribution is 2.31. The molecule has 0 N–H and O–H groups in total. The molecule has 5 rings (SSSR count). The summed E-state index contributed by atoms with van der Waals surface area (Å²) in [5, 5.41) is 6.02. The lowest BCUT2D eigenvalue weighted by molar-refractivity contribution is 0.0987. The summed E-state index contributed by atoms with van der Waals surface area (Å²) in [6, 6.07) is 15.4. The van der Waals surface area contributed by atoms with Gasteiger partial charge in [0.05, 0.1) is 27.6 Å². The third-order valence-corrected chi connectivity index (χ3v) is 9.46. The number of hydrazone groups is 1. The van der Waals surface area contributed by atoms with E-state index in [1.165, 1.54) is 53.1 Å². The monoisotopic (exact) mass is 536 g/mol. The molecule has 1 atom stereocenters. The zero-order valence-corrected chi connectivity index (χ0v) is 22.3. The molecule has 1 aliphatic rings. The van der Waals surface area contributed by atoms with Crippen LogP contribution in [0.4, 0.5) is 5.13 Å². The number of aromatic nitrogens is 1. The molecule has 2 aromatic heterocycles. The number of sulfonamides is 1. The predicted octanol–water partition coefficient (Wildman–Crippen LogP) is 5.83. The first-order valence-corrected chi connectivity index (χ1v) is 14.5. The van der Waals surface area contributed by atoms with E-state index in [4.69, 9.17) is 4.42 Å². The highest BCUT2D eigenvalue weighted by atomic mass is 32.2. The van der Waals surface area contributed by atoms with E-state index in [0.29, 0.717) is 23.0 Å². The zero-order valence-electron chi connectivity index (χ0n) is 20.7. The second-order valence-electron chi connectivity index (χ2n) is 9.04. The van der Waals surface area contributed by atoms with Gasteiger partial charge in [-0.1, -0.05) is 30.7 Å². The lowest BCUT2D eigenvalue weighted by atomic mass is 10.0. The molecule has 0 radical (unpaired) electrons. The van der Waals surface area contributed by atoms with Crippen LogP contribution in [0.3, 0.4) is 0 Å². The Hall–Kier alpha value is -3.34. The minimum absolute atomic E-state index is 0.00848. The molecular formula is C27H28N4O4S2. The van der Waals surface area contributed by atoms with Gasteiger partial charge in [0, 0.05) is 18.2 Å². The number of rotatable bonds is 7. The standard InChI is InChI=1S/C27H28N4O4S2/c1-3-21-7-4-5-15-30(21)37(33,34)23-12-10-20(11-13-23)26(32)31(28-18-22-8-6-16-35-22)27-29-24-14-9-19(2)17-25(24)36-27/h6,8-14,16-18,21H,3-5,7,15H2,1-2H3/b28-18+. The summed E-state index contributed by atoms with van der Waals surface area (Å²) in [4.78, 5) is 18.4. The van der Waals surface area contributed by atoms with E-state index in [0.717, 1.165) is 41.5 Å². The predicted molar refractivity (Wildman–Crippen MR) is 146 cm³/mol. The van der Waals surface area contributed by atoms with Gasteiger partial charge in [0.15, 0.2) is 0 Å². The van der Waals surface area contributed by atoms with Gasteiger partial charge in [0.2, 0.25) is 15.2 Å². The second-order valence-corrected chi connectivity index (χ2v) is 11.9. The lowest BCUT2D eigenvalue weighted by Crippen LogP contribution is -2.43. The quantitative estimate of drug-likeness (QED) is 0.219. The molecule has 3 heterocycles. The fourth-order valence-corrected chi connectivity index (χ4v) is 7.29. The molecule has 8 nitrogen and oxygen atoms in total. The molecule has 4 aromatic rings. The van der Waals surface area contributed by atoms with Gasteiger partial charge in [-0.2, -0.15) is 14.4 Å². The highest BCUT2D eigenvalue weighted by molar-refractivity contribution is 7.89. The summed E-state index contributed by atoms with van der Waals surface area (Å²) in [5.41, 5.74) is 2.16. The second kappa shape index (κ2) is 10.6. The topological polar surface area (TPSA) is 96.1 Å². The van der Waals surface area contributed by atoms with Gasteiger partial charge in [-0.3, -0.25) is 4.79 Å². The number of carbonyl (C=O) groups is 1. The number of aryl methyl sites for hydroxylation is 1. The van der Waals surface area contributed by atoms with Crippen molar-refractivity contribution in [1.82, 2.24) is 9.29 Å². The maximum absolute atomic E-state index is 13.6. The van der Waals surface area contributed by atoms with Crippen LogP contribution < -0.4 is 5.01 Å². The van der Waals surface area contributed by atoms with Crippen LogP contribution in [-0.2, 0) is 10.0 Å². The van der Waals surface area contributed by atoms with Gasteiger partial charge >= 0.3 is 0 Å². The van der Waals surface area contributed by atoms with Gasteiger partial charge in [-0.25, -0.2) is 13.4 Å². The van der Waals surface area contributed by atoms with Crippen molar-refractivity contribution in [2.45, 2.75) is 50.5 Å². The van der Waals surface area contributed by atoms with Crippen LogP contribution in [0.2, 0.25) is 0 Å². The lowest BCUT2D eigenvalue weighted by Gasteiger charge is -2.34. The molecule has 1 fully saturated rings. The molecule has 37 heavy (non-hydrogen) atoms. The Labute approximate surface area is 220 Å². The molecule has 2 aromatic carbocycles.